The molecule has 2 radical (unpaired) electrons. The zero-order valence-corrected chi connectivity index (χ0v) is 11.1. The molecule has 2 N–H and O–H groups in total. The van der Waals surface area contributed by atoms with Gasteiger partial charge in [0.25, 0.3) is 0 Å². The Hall–Kier alpha value is -2.30. The third-order valence-electron chi connectivity index (χ3n) is 3.24. The van der Waals surface area contributed by atoms with E-state index in [4.69, 9.17) is 7.85 Å². The zero-order valence-electron chi connectivity index (χ0n) is 11.1. The molecule has 0 spiro atoms. The lowest BCUT2D eigenvalue weighted by Crippen LogP contribution is -2.08. The molecule has 20 heavy (non-hydrogen) atoms. The van der Waals surface area contributed by atoms with Gasteiger partial charge in [-0.3, -0.25) is 5.10 Å². The standard InChI is InChI=1S/C15H13BFN3/c1-9-2-5-14-12(6-9)15(20-19-14)18-8-10-3-4-11(16)7-13(10)17/h2-7H,8H2,1H3,(H2,18,19,20). The van der Waals surface area contributed by atoms with E-state index in [9.17, 15) is 4.39 Å². The second-order valence-electron chi connectivity index (χ2n) is 4.83. The summed E-state index contributed by atoms with van der Waals surface area (Å²) in [5.41, 5.74) is 3.09. The summed E-state index contributed by atoms with van der Waals surface area (Å²) < 4.78 is 13.7. The molecule has 0 unspecified atom stereocenters. The Labute approximate surface area is 117 Å². The van der Waals surface area contributed by atoms with Crippen molar-refractivity contribution in [1.82, 2.24) is 10.2 Å². The van der Waals surface area contributed by atoms with E-state index in [0.717, 1.165) is 22.3 Å². The molecule has 3 aromatic rings. The van der Waals surface area contributed by atoms with Gasteiger partial charge in [-0.1, -0.05) is 29.2 Å². The van der Waals surface area contributed by atoms with Gasteiger partial charge in [0.15, 0.2) is 5.82 Å². The molecule has 0 aliphatic carbocycles. The van der Waals surface area contributed by atoms with Crippen molar-refractivity contribution in [2.75, 3.05) is 5.32 Å². The average molecular weight is 265 g/mol. The molecule has 0 saturated heterocycles. The summed E-state index contributed by atoms with van der Waals surface area (Å²) in [7, 11) is 5.53. The van der Waals surface area contributed by atoms with Gasteiger partial charge in [0.1, 0.15) is 13.7 Å². The van der Waals surface area contributed by atoms with E-state index in [0.29, 0.717) is 17.6 Å². The number of aromatic amines is 1. The van der Waals surface area contributed by atoms with Gasteiger partial charge in [-0.15, -0.1) is 0 Å². The largest absolute Gasteiger partial charge is 0.364 e. The van der Waals surface area contributed by atoms with E-state index in [1.807, 2.05) is 25.1 Å². The van der Waals surface area contributed by atoms with Crippen molar-refractivity contribution in [3.63, 3.8) is 0 Å². The van der Waals surface area contributed by atoms with Crippen LogP contribution in [0.2, 0.25) is 0 Å². The number of nitrogens with zero attached hydrogens (tertiary/aromatic N) is 1. The van der Waals surface area contributed by atoms with Crippen LogP contribution in [0.15, 0.2) is 36.4 Å². The van der Waals surface area contributed by atoms with Crippen LogP contribution in [0.5, 0.6) is 0 Å². The molecular weight excluding hydrogens is 252 g/mol. The van der Waals surface area contributed by atoms with Crippen LogP contribution in [-0.2, 0) is 6.54 Å². The van der Waals surface area contributed by atoms with Crippen molar-refractivity contribution in [3.8, 4) is 0 Å². The highest BCUT2D eigenvalue weighted by Crippen LogP contribution is 2.22. The van der Waals surface area contributed by atoms with Crippen LogP contribution < -0.4 is 10.8 Å². The molecule has 1 aromatic heterocycles. The second-order valence-corrected chi connectivity index (χ2v) is 4.83. The third kappa shape index (κ3) is 2.39. The minimum absolute atomic E-state index is 0.312. The fraction of sp³-hybridized carbons (Fsp3) is 0.133. The summed E-state index contributed by atoms with van der Waals surface area (Å²) in [6.45, 7) is 2.38. The molecule has 0 aliphatic heterocycles. The van der Waals surface area contributed by atoms with Crippen LogP contribution in [0.1, 0.15) is 11.1 Å². The predicted molar refractivity (Wildman–Crippen MR) is 79.9 cm³/mol. The van der Waals surface area contributed by atoms with E-state index in [1.54, 1.807) is 12.1 Å². The maximum Gasteiger partial charge on any atom is 0.156 e. The molecule has 2 aromatic carbocycles. The molecule has 98 valence electrons. The Bertz CT molecular complexity index is 767. The van der Waals surface area contributed by atoms with Gasteiger partial charge in [0, 0.05) is 17.5 Å². The highest BCUT2D eigenvalue weighted by atomic mass is 19.1. The van der Waals surface area contributed by atoms with Gasteiger partial charge in [0.05, 0.1) is 5.52 Å². The first-order chi connectivity index (χ1) is 9.63. The lowest BCUT2D eigenvalue weighted by Gasteiger charge is -2.06. The first-order valence-electron chi connectivity index (χ1n) is 6.36. The quantitative estimate of drug-likeness (QED) is 0.714. The van der Waals surface area contributed by atoms with Gasteiger partial charge in [-0.05, 0) is 25.1 Å². The molecule has 3 rings (SSSR count). The number of H-pyrrole nitrogens is 1. The number of aromatic nitrogens is 2. The normalized spacial score (nSPS) is 10.9. The molecule has 1 heterocycles. The van der Waals surface area contributed by atoms with Crippen LogP contribution in [0.4, 0.5) is 10.2 Å². The molecule has 0 amide bonds. The van der Waals surface area contributed by atoms with Gasteiger partial charge < -0.3 is 5.32 Å². The van der Waals surface area contributed by atoms with Crippen molar-refractivity contribution in [2.24, 2.45) is 0 Å². The van der Waals surface area contributed by atoms with E-state index in [2.05, 4.69) is 15.5 Å². The second kappa shape index (κ2) is 5.00. The first kappa shape index (κ1) is 12.7. The number of fused-ring (bicyclic) bond motifs is 1. The van der Waals surface area contributed by atoms with Crippen LogP contribution >= 0.6 is 0 Å². The lowest BCUT2D eigenvalue weighted by molar-refractivity contribution is 0.614. The van der Waals surface area contributed by atoms with E-state index < -0.39 is 0 Å². The number of hydrogen-bond donors (Lipinski definition) is 2. The molecule has 0 fully saturated rings. The molecule has 0 bridgehead atoms. The molecule has 0 saturated carbocycles. The van der Waals surface area contributed by atoms with E-state index >= 15 is 0 Å². The van der Waals surface area contributed by atoms with Crippen LogP contribution in [-0.4, -0.2) is 18.0 Å². The van der Waals surface area contributed by atoms with Crippen molar-refractivity contribution in [3.05, 3.63) is 53.3 Å². The molecule has 0 aliphatic rings. The number of anilines is 1. The molecule has 0 atom stereocenters. The highest BCUT2D eigenvalue weighted by Gasteiger charge is 2.07. The van der Waals surface area contributed by atoms with Crippen molar-refractivity contribution >= 4 is 30.0 Å². The van der Waals surface area contributed by atoms with Gasteiger partial charge in [0.2, 0.25) is 0 Å². The first-order valence-corrected chi connectivity index (χ1v) is 6.36. The Morgan fingerprint density at radius 1 is 1.25 bits per heavy atom. The Balaban J connectivity index is 1.85. The fourth-order valence-corrected chi connectivity index (χ4v) is 2.15. The SMILES string of the molecule is [B]c1ccc(CNc2n[nH]c3ccc(C)cc23)c(F)c1. The summed E-state index contributed by atoms with van der Waals surface area (Å²) in [6.07, 6.45) is 0. The number of aryl methyl sites for hydroxylation is 1. The minimum Gasteiger partial charge on any atom is -0.364 e. The summed E-state index contributed by atoms with van der Waals surface area (Å²) in [4.78, 5) is 0. The number of rotatable bonds is 3. The molecular formula is C15H13BFN3. The average Bonchev–Trinajstić information content (AvgIpc) is 2.80. The van der Waals surface area contributed by atoms with Crippen molar-refractivity contribution < 1.29 is 4.39 Å². The summed E-state index contributed by atoms with van der Waals surface area (Å²) >= 11 is 0. The molecule has 5 heteroatoms. The van der Waals surface area contributed by atoms with E-state index in [1.165, 1.54) is 6.07 Å². The summed E-state index contributed by atoms with van der Waals surface area (Å²) in [6, 6.07) is 10.7. The fourth-order valence-electron chi connectivity index (χ4n) is 2.15. The Kier molecular flexibility index (Phi) is 3.18. The van der Waals surface area contributed by atoms with Crippen LogP contribution in [0.25, 0.3) is 10.9 Å². The van der Waals surface area contributed by atoms with Crippen LogP contribution in [0.3, 0.4) is 0 Å². The summed E-state index contributed by atoms with van der Waals surface area (Å²) in [5.74, 6) is 0.411. The van der Waals surface area contributed by atoms with E-state index in [-0.39, 0.29) is 5.82 Å². The topological polar surface area (TPSA) is 40.7 Å². The predicted octanol–water partition coefficient (Wildman–Crippen LogP) is 2.42. The number of nitrogens with one attached hydrogen (secondary N) is 2. The smallest absolute Gasteiger partial charge is 0.156 e. The maximum atomic E-state index is 13.7. The van der Waals surface area contributed by atoms with Crippen molar-refractivity contribution in [1.29, 1.82) is 0 Å². The maximum absolute atomic E-state index is 13.7. The zero-order chi connectivity index (χ0) is 14.1. The third-order valence-corrected chi connectivity index (χ3v) is 3.24. The van der Waals surface area contributed by atoms with Crippen molar-refractivity contribution in [2.45, 2.75) is 13.5 Å². The number of halogens is 1. The number of hydrogen-bond acceptors (Lipinski definition) is 2. The van der Waals surface area contributed by atoms with Gasteiger partial charge in [-0.2, -0.15) is 5.10 Å². The van der Waals surface area contributed by atoms with Gasteiger partial charge >= 0.3 is 0 Å². The number of benzene rings is 2. The summed E-state index contributed by atoms with van der Waals surface area (Å²) in [5, 5.41) is 11.3. The monoisotopic (exact) mass is 265 g/mol. The Morgan fingerprint density at radius 2 is 2.10 bits per heavy atom. The highest BCUT2D eigenvalue weighted by molar-refractivity contribution is 6.32. The lowest BCUT2D eigenvalue weighted by atomic mass is 9.95. The minimum atomic E-state index is -0.312. The van der Waals surface area contributed by atoms with Gasteiger partial charge in [-0.25, -0.2) is 4.39 Å². The molecule has 3 nitrogen and oxygen atoms in total. The van der Waals surface area contributed by atoms with Crippen LogP contribution in [0, 0.1) is 12.7 Å². The Morgan fingerprint density at radius 3 is 2.90 bits per heavy atom.